The molecule has 160 valence electrons. The van der Waals surface area contributed by atoms with E-state index in [9.17, 15) is 19.2 Å². The molecule has 4 N–H and O–H groups in total. The molecule has 4 amide bonds. The van der Waals surface area contributed by atoms with Gasteiger partial charge in [0.15, 0.2) is 0 Å². The smallest absolute Gasteiger partial charge is 0.262 e. The summed E-state index contributed by atoms with van der Waals surface area (Å²) >= 11 is 0. The predicted octanol–water partition coefficient (Wildman–Crippen LogP) is 0.500. The molecule has 5 rings (SSSR count). The number of hydrogen-bond acceptors (Lipinski definition) is 7. The second-order valence-corrected chi connectivity index (χ2v) is 8.03. The van der Waals surface area contributed by atoms with Crippen molar-refractivity contribution in [2.75, 3.05) is 18.4 Å². The van der Waals surface area contributed by atoms with Crippen molar-refractivity contribution in [3.8, 4) is 0 Å². The van der Waals surface area contributed by atoms with Crippen LogP contribution in [0.5, 0.6) is 0 Å². The monoisotopic (exact) mass is 422 g/mol. The zero-order valence-electron chi connectivity index (χ0n) is 16.7. The fourth-order valence-corrected chi connectivity index (χ4v) is 4.57. The van der Waals surface area contributed by atoms with Gasteiger partial charge in [-0.2, -0.15) is 5.10 Å². The highest BCUT2D eigenvalue weighted by molar-refractivity contribution is 6.24. The number of fused-ring (bicyclic) bond motifs is 1. The van der Waals surface area contributed by atoms with Crippen molar-refractivity contribution in [2.24, 2.45) is 0 Å². The van der Waals surface area contributed by atoms with Crippen LogP contribution >= 0.6 is 0 Å². The maximum absolute atomic E-state index is 13.2. The number of benzene rings is 1. The molecule has 2 unspecified atom stereocenters. The van der Waals surface area contributed by atoms with Crippen molar-refractivity contribution in [3.63, 3.8) is 0 Å². The topological polar surface area (TPSA) is 136 Å². The number of aromatic nitrogens is 2. The number of H-pyrrole nitrogens is 1. The lowest BCUT2D eigenvalue weighted by molar-refractivity contribution is -0.136. The van der Waals surface area contributed by atoms with E-state index in [0.717, 1.165) is 35.8 Å². The van der Waals surface area contributed by atoms with E-state index in [1.165, 1.54) is 0 Å². The number of carbonyl (C=O) groups excluding carboxylic acids is 4. The van der Waals surface area contributed by atoms with Crippen molar-refractivity contribution < 1.29 is 19.2 Å². The second-order valence-electron chi connectivity index (χ2n) is 8.03. The van der Waals surface area contributed by atoms with Crippen LogP contribution in [-0.2, 0) is 16.1 Å². The molecule has 1 aromatic heterocycles. The molecular formula is C21H22N6O4. The number of amides is 4. The van der Waals surface area contributed by atoms with Crippen LogP contribution in [0.3, 0.4) is 0 Å². The van der Waals surface area contributed by atoms with E-state index in [0.29, 0.717) is 23.6 Å². The van der Waals surface area contributed by atoms with Crippen molar-refractivity contribution in [2.45, 2.75) is 37.8 Å². The summed E-state index contributed by atoms with van der Waals surface area (Å²) in [5, 5.41) is 16.1. The summed E-state index contributed by atoms with van der Waals surface area (Å²) in [6.45, 7) is 2.17. The highest BCUT2D eigenvalue weighted by Gasteiger charge is 2.45. The Morgan fingerprint density at radius 3 is 2.77 bits per heavy atom. The van der Waals surface area contributed by atoms with Gasteiger partial charge in [-0.3, -0.25) is 34.5 Å². The van der Waals surface area contributed by atoms with Gasteiger partial charge in [-0.15, -0.1) is 0 Å². The minimum atomic E-state index is -0.971. The molecule has 0 spiro atoms. The SMILES string of the molecule is O=C1CCC(N2C(=O)c3cccc(CNc4cn[nH]c4C4CCNC4)c3C2=O)C(=O)N1. The number of hydrogen-bond donors (Lipinski definition) is 4. The van der Waals surface area contributed by atoms with Crippen LogP contribution in [0.4, 0.5) is 5.69 Å². The molecule has 0 radical (unpaired) electrons. The molecule has 0 bridgehead atoms. The van der Waals surface area contributed by atoms with E-state index < -0.39 is 29.7 Å². The van der Waals surface area contributed by atoms with E-state index in [4.69, 9.17) is 0 Å². The third-order valence-electron chi connectivity index (χ3n) is 6.16. The van der Waals surface area contributed by atoms with E-state index in [1.54, 1.807) is 24.4 Å². The molecule has 2 atom stereocenters. The van der Waals surface area contributed by atoms with Crippen LogP contribution in [0.2, 0.25) is 0 Å². The van der Waals surface area contributed by atoms with E-state index in [2.05, 4.69) is 26.1 Å². The number of aromatic amines is 1. The number of nitrogens with one attached hydrogen (secondary N) is 4. The van der Waals surface area contributed by atoms with Crippen LogP contribution in [0.15, 0.2) is 24.4 Å². The molecule has 2 aromatic rings. The maximum atomic E-state index is 13.2. The number of piperidine rings is 1. The Morgan fingerprint density at radius 1 is 1.13 bits per heavy atom. The summed E-state index contributed by atoms with van der Waals surface area (Å²) in [6, 6.07) is 4.15. The molecule has 1 aromatic carbocycles. The standard InChI is InChI=1S/C21H22N6O4/c28-16-5-4-15(19(29)25-16)27-20(30)13-3-1-2-11(17(13)21(27)31)9-23-14-10-24-26-18(14)12-6-7-22-8-12/h1-3,10,12,15,22-23H,4-9H2,(H,24,26)(H,25,28,29). The Bertz CT molecular complexity index is 1090. The largest absolute Gasteiger partial charge is 0.378 e. The fourth-order valence-electron chi connectivity index (χ4n) is 4.57. The number of anilines is 1. The predicted molar refractivity (Wildman–Crippen MR) is 109 cm³/mol. The van der Waals surface area contributed by atoms with Gasteiger partial charge < -0.3 is 10.6 Å². The van der Waals surface area contributed by atoms with Gasteiger partial charge in [0.1, 0.15) is 6.04 Å². The van der Waals surface area contributed by atoms with Crippen molar-refractivity contribution in [1.29, 1.82) is 0 Å². The van der Waals surface area contributed by atoms with Gasteiger partial charge in [-0.1, -0.05) is 12.1 Å². The molecule has 2 saturated heterocycles. The zero-order valence-corrected chi connectivity index (χ0v) is 16.7. The molecular weight excluding hydrogens is 400 g/mol. The third kappa shape index (κ3) is 3.28. The molecule has 3 aliphatic rings. The first-order valence-corrected chi connectivity index (χ1v) is 10.4. The van der Waals surface area contributed by atoms with Gasteiger partial charge in [-0.05, 0) is 31.0 Å². The summed E-state index contributed by atoms with van der Waals surface area (Å²) in [6.07, 6.45) is 2.97. The highest BCUT2D eigenvalue weighted by atomic mass is 16.2. The lowest BCUT2D eigenvalue weighted by Gasteiger charge is -2.27. The fraction of sp³-hybridized carbons (Fsp3) is 0.381. The summed E-state index contributed by atoms with van der Waals surface area (Å²) < 4.78 is 0. The molecule has 3 aliphatic heterocycles. The first kappa shape index (κ1) is 19.4. The Kier molecular flexibility index (Phi) is 4.78. The average molecular weight is 422 g/mol. The van der Waals surface area contributed by atoms with E-state index in [1.807, 2.05) is 0 Å². The summed E-state index contributed by atoms with van der Waals surface area (Å²) in [5.41, 5.74) is 3.14. The van der Waals surface area contributed by atoms with E-state index >= 15 is 0 Å². The van der Waals surface area contributed by atoms with Crippen LogP contribution in [-0.4, -0.2) is 57.9 Å². The van der Waals surface area contributed by atoms with Crippen LogP contribution in [0, 0.1) is 0 Å². The summed E-state index contributed by atoms with van der Waals surface area (Å²) in [7, 11) is 0. The lowest BCUT2D eigenvalue weighted by Crippen LogP contribution is -2.54. The highest BCUT2D eigenvalue weighted by Crippen LogP contribution is 2.31. The molecule has 10 heteroatoms. The van der Waals surface area contributed by atoms with Gasteiger partial charge in [0.05, 0.1) is 28.7 Å². The quantitative estimate of drug-likeness (QED) is 0.515. The van der Waals surface area contributed by atoms with Gasteiger partial charge in [0, 0.05) is 25.4 Å². The Labute approximate surface area is 177 Å². The minimum Gasteiger partial charge on any atom is -0.378 e. The molecule has 0 aliphatic carbocycles. The first-order chi connectivity index (χ1) is 15.0. The number of imide groups is 2. The molecule has 10 nitrogen and oxygen atoms in total. The zero-order chi connectivity index (χ0) is 21.5. The van der Waals surface area contributed by atoms with Crippen molar-refractivity contribution in [1.82, 2.24) is 25.7 Å². The summed E-state index contributed by atoms with van der Waals surface area (Å²) in [5.74, 6) is -1.66. The van der Waals surface area contributed by atoms with E-state index in [-0.39, 0.29) is 18.4 Å². The Morgan fingerprint density at radius 2 is 2.00 bits per heavy atom. The van der Waals surface area contributed by atoms with Crippen LogP contribution in [0.1, 0.15) is 57.2 Å². The molecule has 0 saturated carbocycles. The lowest BCUT2D eigenvalue weighted by atomic mass is 10.0. The van der Waals surface area contributed by atoms with Crippen molar-refractivity contribution >= 4 is 29.3 Å². The van der Waals surface area contributed by atoms with Gasteiger partial charge in [0.25, 0.3) is 11.8 Å². The normalized spacial score (nSPS) is 23.3. The molecule has 4 heterocycles. The Hall–Kier alpha value is -3.53. The van der Waals surface area contributed by atoms with Crippen LogP contribution in [0.25, 0.3) is 0 Å². The molecule has 31 heavy (non-hydrogen) atoms. The number of rotatable bonds is 5. The number of carbonyl (C=O) groups is 4. The van der Waals surface area contributed by atoms with Crippen molar-refractivity contribution in [3.05, 3.63) is 46.8 Å². The maximum Gasteiger partial charge on any atom is 0.262 e. The third-order valence-corrected chi connectivity index (χ3v) is 6.16. The Balaban J connectivity index is 1.38. The second kappa shape index (κ2) is 7.62. The van der Waals surface area contributed by atoms with Gasteiger partial charge >= 0.3 is 0 Å². The van der Waals surface area contributed by atoms with Crippen LogP contribution < -0.4 is 16.0 Å². The van der Waals surface area contributed by atoms with Gasteiger partial charge in [-0.25, -0.2) is 0 Å². The molecule has 2 fully saturated rings. The number of nitrogens with zero attached hydrogens (tertiary/aromatic N) is 2. The van der Waals surface area contributed by atoms with Gasteiger partial charge in [0.2, 0.25) is 11.8 Å². The average Bonchev–Trinajstić information content (AvgIpc) is 3.48. The summed E-state index contributed by atoms with van der Waals surface area (Å²) in [4.78, 5) is 50.8. The minimum absolute atomic E-state index is 0.0948. The first-order valence-electron chi connectivity index (χ1n) is 10.4.